The molecule has 0 heterocycles. The smallest absolute Gasteiger partial charge is 0.337 e. The van der Waals surface area contributed by atoms with Crippen LogP contribution in [-0.4, -0.2) is 17.6 Å². The van der Waals surface area contributed by atoms with Crippen LogP contribution in [0.5, 0.6) is 0 Å². The van der Waals surface area contributed by atoms with E-state index in [1.165, 1.54) is 31.7 Å². The predicted octanol–water partition coefficient (Wildman–Crippen LogP) is 3.21. The van der Waals surface area contributed by atoms with Gasteiger partial charge in [0, 0.05) is 6.54 Å². The quantitative estimate of drug-likeness (QED) is 0.728. The average molecular weight is 262 g/mol. The third kappa shape index (κ3) is 3.19. The second-order valence-electron chi connectivity index (χ2n) is 5.47. The summed E-state index contributed by atoms with van der Waals surface area (Å²) in [6.07, 6.45) is 5.15. The molecule has 0 saturated heterocycles. The van der Waals surface area contributed by atoms with Crippen molar-refractivity contribution in [2.75, 3.05) is 17.6 Å². The molecule has 2 unspecified atom stereocenters. The molecule has 0 amide bonds. The number of carbonyl (C=O) groups is 1. The van der Waals surface area contributed by atoms with E-state index in [4.69, 9.17) is 10.8 Å². The van der Waals surface area contributed by atoms with Crippen LogP contribution in [0.3, 0.4) is 0 Å². The summed E-state index contributed by atoms with van der Waals surface area (Å²) in [4.78, 5) is 11.0. The third-order valence-electron chi connectivity index (χ3n) is 4.18. The highest BCUT2D eigenvalue weighted by Gasteiger charge is 2.21. The number of hydrogen-bond acceptors (Lipinski definition) is 3. The number of nitrogens with two attached hydrogens (primary N) is 1. The summed E-state index contributed by atoms with van der Waals surface area (Å²) in [5.74, 6) is 0.402. The van der Waals surface area contributed by atoms with Gasteiger partial charge in [0.15, 0.2) is 0 Å². The Labute approximate surface area is 114 Å². The molecule has 1 aromatic rings. The fourth-order valence-corrected chi connectivity index (χ4v) is 2.84. The van der Waals surface area contributed by atoms with E-state index in [0.29, 0.717) is 11.6 Å². The molecule has 0 radical (unpaired) electrons. The summed E-state index contributed by atoms with van der Waals surface area (Å²) in [6.45, 7) is 3.16. The van der Waals surface area contributed by atoms with Crippen molar-refractivity contribution >= 4 is 17.3 Å². The molecule has 1 fully saturated rings. The van der Waals surface area contributed by atoms with Crippen molar-refractivity contribution in [1.29, 1.82) is 0 Å². The van der Waals surface area contributed by atoms with E-state index in [1.807, 2.05) is 6.07 Å². The van der Waals surface area contributed by atoms with E-state index in [2.05, 4.69) is 12.2 Å². The van der Waals surface area contributed by atoms with E-state index in [0.717, 1.165) is 18.2 Å². The molecule has 1 aliphatic carbocycles. The highest BCUT2D eigenvalue weighted by Crippen LogP contribution is 2.30. The normalized spacial score (nSPS) is 23.0. The Morgan fingerprint density at radius 1 is 1.42 bits per heavy atom. The lowest BCUT2D eigenvalue weighted by Gasteiger charge is -2.29. The summed E-state index contributed by atoms with van der Waals surface area (Å²) in [7, 11) is 0. The molecule has 2 atom stereocenters. The van der Waals surface area contributed by atoms with Crippen molar-refractivity contribution < 1.29 is 9.90 Å². The third-order valence-corrected chi connectivity index (χ3v) is 4.18. The number of anilines is 2. The largest absolute Gasteiger partial charge is 0.478 e. The lowest BCUT2D eigenvalue weighted by molar-refractivity contribution is 0.0698. The van der Waals surface area contributed by atoms with Gasteiger partial charge in [0.05, 0.1) is 16.9 Å². The lowest BCUT2D eigenvalue weighted by Crippen LogP contribution is -2.24. The summed E-state index contributed by atoms with van der Waals surface area (Å²) >= 11 is 0. The molecule has 0 aliphatic heterocycles. The number of rotatable bonds is 4. The molecule has 4 heteroatoms. The van der Waals surface area contributed by atoms with Crippen molar-refractivity contribution in [3.05, 3.63) is 23.8 Å². The highest BCUT2D eigenvalue weighted by atomic mass is 16.4. The molecular weight excluding hydrogens is 240 g/mol. The summed E-state index contributed by atoms with van der Waals surface area (Å²) in [6, 6.07) is 5.10. The maximum Gasteiger partial charge on any atom is 0.337 e. The molecular formula is C15H22N2O2. The minimum Gasteiger partial charge on any atom is -0.478 e. The van der Waals surface area contributed by atoms with E-state index in [-0.39, 0.29) is 5.56 Å². The van der Waals surface area contributed by atoms with Crippen LogP contribution in [0.15, 0.2) is 18.2 Å². The first-order valence-corrected chi connectivity index (χ1v) is 6.95. The van der Waals surface area contributed by atoms with E-state index in [9.17, 15) is 4.79 Å². The summed E-state index contributed by atoms with van der Waals surface area (Å²) < 4.78 is 0. The maximum atomic E-state index is 11.0. The van der Waals surface area contributed by atoms with Gasteiger partial charge in [-0.3, -0.25) is 0 Å². The number of aromatic carboxylic acids is 1. The summed E-state index contributed by atoms with van der Waals surface area (Å²) in [5, 5.41) is 12.4. The van der Waals surface area contributed by atoms with Crippen LogP contribution in [-0.2, 0) is 0 Å². The van der Waals surface area contributed by atoms with Crippen molar-refractivity contribution in [3.63, 3.8) is 0 Å². The monoisotopic (exact) mass is 262 g/mol. The second-order valence-corrected chi connectivity index (χ2v) is 5.47. The molecule has 0 bridgehead atoms. The fraction of sp³-hybridized carbons (Fsp3) is 0.533. The summed E-state index contributed by atoms with van der Waals surface area (Å²) in [5.41, 5.74) is 7.13. The van der Waals surface area contributed by atoms with Crippen LogP contribution in [0, 0.1) is 11.8 Å². The van der Waals surface area contributed by atoms with Crippen LogP contribution in [0.2, 0.25) is 0 Å². The molecule has 1 aliphatic rings. The number of carboxylic acid groups (broad SMARTS) is 1. The van der Waals surface area contributed by atoms with E-state index < -0.39 is 5.97 Å². The van der Waals surface area contributed by atoms with Gasteiger partial charge in [0.1, 0.15) is 0 Å². The van der Waals surface area contributed by atoms with Crippen LogP contribution in [0.25, 0.3) is 0 Å². The number of carboxylic acids is 1. The molecule has 1 saturated carbocycles. The fourth-order valence-electron chi connectivity index (χ4n) is 2.84. The van der Waals surface area contributed by atoms with Gasteiger partial charge in [-0.25, -0.2) is 4.79 Å². The Balaban J connectivity index is 2.03. The number of nitrogen functional groups attached to an aromatic ring is 1. The van der Waals surface area contributed by atoms with Crippen LogP contribution >= 0.6 is 0 Å². The Hall–Kier alpha value is -1.71. The Bertz CT molecular complexity index is 459. The molecule has 0 spiro atoms. The van der Waals surface area contributed by atoms with Crippen LogP contribution in [0.4, 0.5) is 11.4 Å². The van der Waals surface area contributed by atoms with Crippen molar-refractivity contribution in [2.24, 2.45) is 11.8 Å². The van der Waals surface area contributed by atoms with Gasteiger partial charge >= 0.3 is 5.97 Å². The van der Waals surface area contributed by atoms with E-state index >= 15 is 0 Å². The zero-order valence-corrected chi connectivity index (χ0v) is 11.4. The predicted molar refractivity (Wildman–Crippen MR) is 77.4 cm³/mol. The first kappa shape index (κ1) is 13.7. The first-order valence-electron chi connectivity index (χ1n) is 6.95. The second kappa shape index (κ2) is 5.95. The number of para-hydroxylation sites is 1. The van der Waals surface area contributed by atoms with Gasteiger partial charge in [-0.2, -0.15) is 0 Å². The molecule has 4 nitrogen and oxygen atoms in total. The molecule has 4 N–H and O–H groups in total. The Morgan fingerprint density at radius 3 is 2.84 bits per heavy atom. The zero-order valence-electron chi connectivity index (χ0n) is 11.4. The number of nitrogens with one attached hydrogen (secondary N) is 1. The highest BCUT2D eigenvalue weighted by molar-refractivity contribution is 5.97. The lowest BCUT2D eigenvalue weighted by atomic mass is 9.80. The first-order chi connectivity index (χ1) is 9.09. The van der Waals surface area contributed by atoms with Crippen LogP contribution in [0.1, 0.15) is 43.0 Å². The molecule has 2 rings (SSSR count). The van der Waals surface area contributed by atoms with Gasteiger partial charge in [0.2, 0.25) is 0 Å². The van der Waals surface area contributed by atoms with Gasteiger partial charge in [-0.1, -0.05) is 32.3 Å². The molecule has 104 valence electrons. The number of benzene rings is 1. The van der Waals surface area contributed by atoms with Crippen molar-refractivity contribution in [1.82, 2.24) is 0 Å². The average Bonchev–Trinajstić information content (AvgIpc) is 2.39. The zero-order chi connectivity index (χ0) is 13.8. The van der Waals surface area contributed by atoms with Gasteiger partial charge in [-0.05, 0) is 30.4 Å². The van der Waals surface area contributed by atoms with Gasteiger partial charge in [-0.15, -0.1) is 0 Å². The van der Waals surface area contributed by atoms with Gasteiger partial charge in [0.25, 0.3) is 0 Å². The van der Waals surface area contributed by atoms with Gasteiger partial charge < -0.3 is 16.2 Å². The maximum absolute atomic E-state index is 11.0. The molecule has 1 aromatic carbocycles. The SMILES string of the molecule is CC1CCCCC1CNc1cccc(C(=O)O)c1N. The Kier molecular flexibility index (Phi) is 4.30. The van der Waals surface area contributed by atoms with Crippen molar-refractivity contribution in [2.45, 2.75) is 32.6 Å². The van der Waals surface area contributed by atoms with Crippen molar-refractivity contribution in [3.8, 4) is 0 Å². The molecule has 0 aromatic heterocycles. The van der Waals surface area contributed by atoms with Crippen LogP contribution < -0.4 is 11.1 Å². The van der Waals surface area contributed by atoms with E-state index in [1.54, 1.807) is 6.07 Å². The minimum absolute atomic E-state index is 0.168. The minimum atomic E-state index is -0.979. The number of hydrogen-bond donors (Lipinski definition) is 3. The topological polar surface area (TPSA) is 75.3 Å². The molecule has 19 heavy (non-hydrogen) atoms. The Morgan fingerprint density at radius 2 is 2.16 bits per heavy atom. The standard InChI is InChI=1S/C15H22N2O2/c1-10-5-2-3-6-11(10)9-17-13-8-4-7-12(14(13)16)15(18)19/h4,7-8,10-11,17H,2-3,5-6,9,16H2,1H3,(H,18,19).